The van der Waals surface area contributed by atoms with Crippen molar-refractivity contribution in [2.75, 3.05) is 6.61 Å². The second-order valence-corrected chi connectivity index (χ2v) is 8.09. The SMILES string of the molecule is CCOC(=O)C1(C)CCc2c(C)c(OS(=O)(=O)C(F)(F)F)c(C)c(C)c2O1. The van der Waals surface area contributed by atoms with Crippen LogP contribution in [-0.2, 0) is 26.1 Å². The number of alkyl halides is 3. The standard InChI is InChI=1S/C17H21F3O6S/c1-6-24-15(21)16(5)8-7-12-11(4)13(9(2)10(3)14(12)25-16)26-27(22,23)17(18,19)20/h6-8H2,1-5H3. The molecule has 0 aliphatic carbocycles. The van der Waals surface area contributed by atoms with Crippen molar-refractivity contribution in [1.29, 1.82) is 0 Å². The van der Waals surface area contributed by atoms with E-state index < -0.39 is 27.2 Å². The molecule has 0 aromatic heterocycles. The molecule has 0 N–H and O–H groups in total. The molecule has 10 heteroatoms. The third-order valence-electron chi connectivity index (χ3n) is 4.67. The van der Waals surface area contributed by atoms with E-state index >= 15 is 0 Å². The van der Waals surface area contributed by atoms with Crippen LogP contribution in [0.4, 0.5) is 13.2 Å². The van der Waals surface area contributed by atoms with Gasteiger partial charge in [0.25, 0.3) is 0 Å². The molecule has 0 radical (unpaired) electrons. The third kappa shape index (κ3) is 3.71. The van der Waals surface area contributed by atoms with Crippen LogP contribution >= 0.6 is 0 Å². The Morgan fingerprint density at radius 3 is 2.30 bits per heavy atom. The van der Waals surface area contributed by atoms with Crippen molar-refractivity contribution in [2.45, 2.75) is 58.6 Å². The fraction of sp³-hybridized carbons (Fsp3) is 0.588. The van der Waals surface area contributed by atoms with Gasteiger partial charge in [-0.05, 0) is 57.7 Å². The predicted molar refractivity (Wildman–Crippen MR) is 90.2 cm³/mol. The summed E-state index contributed by atoms with van der Waals surface area (Å²) in [6.45, 7) is 7.90. The van der Waals surface area contributed by atoms with Crippen LogP contribution in [-0.4, -0.2) is 32.1 Å². The van der Waals surface area contributed by atoms with E-state index in [2.05, 4.69) is 4.18 Å². The summed E-state index contributed by atoms with van der Waals surface area (Å²) < 4.78 is 76.3. The molecule has 6 nitrogen and oxygen atoms in total. The van der Waals surface area contributed by atoms with Crippen LogP contribution in [0.15, 0.2) is 0 Å². The monoisotopic (exact) mass is 410 g/mol. The number of hydrogen-bond donors (Lipinski definition) is 0. The lowest BCUT2D eigenvalue weighted by molar-refractivity contribution is -0.161. The topological polar surface area (TPSA) is 78.9 Å². The first-order chi connectivity index (χ1) is 12.2. The normalized spacial score (nSPS) is 19.9. The Labute approximate surface area is 155 Å². The van der Waals surface area contributed by atoms with Crippen molar-refractivity contribution < 1.29 is 40.0 Å². The molecule has 2 rings (SSSR count). The molecule has 0 amide bonds. The van der Waals surface area contributed by atoms with E-state index in [0.717, 1.165) is 0 Å². The lowest BCUT2D eigenvalue weighted by Crippen LogP contribution is -2.46. The first-order valence-corrected chi connectivity index (χ1v) is 9.65. The van der Waals surface area contributed by atoms with Crippen LogP contribution in [0, 0.1) is 20.8 Å². The molecule has 1 aromatic carbocycles. The van der Waals surface area contributed by atoms with Gasteiger partial charge in [0.15, 0.2) is 0 Å². The van der Waals surface area contributed by atoms with E-state index in [0.29, 0.717) is 23.3 Å². The average molecular weight is 410 g/mol. The van der Waals surface area contributed by atoms with E-state index in [9.17, 15) is 26.4 Å². The quantitative estimate of drug-likeness (QED) is 0.430. The molecule has 0 spiro atoms. The van der Waals surface area contributed by atoms with Crippen molar-refractivity contribution in [3.8, 4) is 11.5 Å². The van der Waals surface area contributed by atoms with Gasteiger partial charge in [0.2, 0.25) is 5.60 Å². The number of benzene rings is 1. The maximum Gasteiger partial charge on any atom is 0.534 e. The summed E-state index contributed by atoms with van der Waals surface area (Å²) in [5.74, 6) is -0.569. The Morgan fingerprint density at radius 1 is 1.19 bits per heavy atom. The summed E-state index contributed by atoms with van der Waals surface area (Å²) in [6.07, 6.45) is 0.521. The Balaban J connectivity index is 2.53. The number of carbonyl (C=O) groups excluding carboxylic acids is 1. The van der Waals surface area contributed by atoms with Crippen molar-refractivity contribution >= 4 is 16.1 Å². The predicted octanol–water partition coefficient (Wildman–Crippen LogP) is 3.49. The zero-order chi connectivity index (χ0) is 20.8. The second kappa shape index (κ2) is 6.88. The minimum Gasteiger partial charge on any atom is -0.475 e. The molecular weight excluding hydrogens is 389 g/mol. The molecule has 152 valence electrons. The Hall–Kier alpha value is -1.97. The lowest BCUT2D eigenvalue weighted by Gasteiger charge is -2.36. The van der Waals surface area contributed by atoms with Gasteiger partial charge in [0, 0.05) is 12.0 Å². The van der Waals surface area contributed by atoms with Gasteiger partial charge in [0.1, 0.15) is 11.5 Å². The lowest BCUT2D eigenvalue weighted by atomic mass is 9.87. The highest BCUT2D eigenvalue weighted by atomic mass is 32.2. The van der Waals surface area contributed by atoms with E-state index in [1.807, 2.05) is 0 Å². The number of ether oxygens (including phenoxy) is 2. The third-order valence-corrected chi connectivity index (χ3v) is 5.63. The minimum absolute atomic E-state index is 0.184. The molecule has 1 unspecified atom stereocenters. The Morgan fingerprint density at radius 2 is 1.78 bits per heavy atom. The van der Waals surface area contributed by atoms with E-state index in [4.69, 9.17) is 9.47 Å². The van der Waals surface area contributed by atoms with Gasteiger partial charge in [-0.2, -0.15) is 21.6 Å². The first kappa shape index (κ1) is 21.3. The van der Waals surface area contributed by atoms with Gasteiger partial charge in [0.05, 0.1) is 6.61 Å². The Kier molecular flexibility index (Phi) is 5.44. The zero-order valence-electron chi connectivity index (χ0n) is 15.6. The highest BCUT2D eigenvalue weighted by Gasteiger charge is 2.49. The zero-order valence-corrected chi connectivity index (χ0v) is 16.4. The second-order valence-electron chi connectivity index (χ2n) is 6.55. The molecule has 27 heavy (non-hydrogen) atoms. The number of halogens is 3. The van der Waals surface area contributed by atoms with Crippen LogP contribution < -0.4 is 8.92 Å². The van der Waals surface area contributed by atoms with Crippen LogP contribution in [0.25, 0.3) is 0 Å². The van der Waals surface area contributed by atoms with Crippen LogP contribution in [0.5, 0.6) is 11.5 Å². The van der Waals surface area contributed by atoms with Gasteiger partial charge < -0.3 is 13.7 Å². The fourth-order valence-corrected chi connectivity index (χ4v) is 3.51. The number of carbonyl (C=O) groups is 1. The van der Waals surface area contributed by atoms with Crippen molar-refractivity contribution in [3.63, 3.8) is 0 Å². The van der Waals surface area contributed by atoms with E-state index in [1.165, 1.54) is 13.8 Å². The first-order valence-electron chi connectivity index (χ1n) is 8.24. The minimum atomic E-state index is -5.80. The van der Waals surface area contributed by atoms with E-state index in [1.54, 1.807) is 20.8 Å². The van der Waals surface area contributed by atoms with Gasteiger partial charge >= 0.3 is 21.6 Å². The number of hydrogen-bond acceptors (Lipinski definition) is 6. The van der Waals surface area contributed by atoms with Crippen molar-refractivity contribution in [3.05, 3.63) is 22.3 Å². The highest BCUT2D eigenvalue weighted by Crippen LogP contribution is 2.45. The Bertz CT molecular complexity index is 876. The summed E-state index contributed by atoms with van der Waals surface area (Å²) in [6, 6.07) is 0. The van der Waals surface area contributed by atoms with Crippen LogP contribution in [0.3, 0.4) is 0 Å². The smallest absolute Gasteiger partial charge is 0.475 e. The largest absolute Gasteiger partial charge is 0.534 e. The van der Waals surface area contributed by atoms with Gasteiger partial charge in [-0.1, -0.05) is 0 Å². The molecule has 1 atom stereocenters. The molecule has 0 fully saturated rings. The van der Waals surface area contributed by atoms with Crippen molar-refractivity contribution in [1.82, 2.24) is 0 Å². The summed E-state index contributed by atoms with van der Waals surface area (Å²) in [7, 11) is -5.80. The molecule has 1 aliphatic heterocycles. The molecule has 0 saturated heterocycles. The molecule has 0 saturated carbocycles. The van der Waals surface area contributed by atoms with E-state index in [-0.39, 0.29) is 29.9 Å². The summed E-state index contributed by atoms with van der Waals surface area (Å²) in [5.41, 5.74) is -5.44. The van der Waals surface area contributed by atoms with Gasteiger partial charge in [-0.25, -0.2) is 4.79 Å². The maximum absolute atomic E-state index is 12.7. The molecule has 1 heterocycles. The number of fused-ring (bicyclic) bond motifs is 1. The summed E-state index contributed by atoms with van der Waals surface area (Å²) in [4.78, 5) is 12.2. The summed E-state index contributed by atoms with van der Waals surface area (Å²) >= 11 is 0. The average Bonchev–Trinajstić information content (AvgIpc) is 2.56. The fourth-order valence-electron chi connectivity index (χ4n) is 2.94. The number of esters is 1. The molecule has 0 bridgehead atoms. The number of rotatable bonds is 4. The maximum atomic E-state index is 12.7. The highest BCUT2D eigenvalue weighted by molar-refractivity contribution is 7.88. The van der Waals surface area contributed by atoms with Gasteiger partial charge in [-0.15, -0.1) is 0 Å². The molecule has 1 aliphatic rings. The van der Waals surface area contributed by atoms with Gasteiger partial charge in [-0.3, -0.25) is 0 Å². The van der Waals surface area contributed by atoms with Crippen LogP contribution in [0.1, 0.15) is 42.5 Å². The molecule has 1 aromatic rings. The van der Waals surface area contributed by atoms with Crippen LogP contribution in [0.2, 0.25) is 0 Å². The summed E-state index contributed by atoms with van der Waals surface area (Å²) in [5, 5.41) is 0. The molecular formula is C17H21F3O6S. The van der Waals surface area contributed by atoms with Crippen molar-refractivity contribution in [2.24, 2.45) is 0 Å².